The van der Waals surface area contributed by atoms with Crippen LogP contribution in [0.1, 0.15) is 79.2 Å². The lowest BCUT2D eigenvalue weighted by atomic mass is 9.98. The van der Waals surface area contributed by atoms with Crippen molar-refractivity contribution in [1.29, 1.82) is 0 Å². The molecule has 4 aromatic rings. The van der Waals surface area contributed by atoms with Crippen molar-refractivity contribution in [2.45, 2.75) is 89.0 Å². The number of benzene rings is 2. The molecule has 5 heterocycles. The van der Waals surface area contributed by atoms with Crippen molar-refractivity contribution in [1.82, 2.24) is 35.3 Å². The Morgan fingerprint density at radius 3 is 2.53 bits per heavy atom. The van der Waals surface area contributed by atoms with Crippen LogP contribution in [0.5, 0.6) is 5.75 Å². The van der Waals surface area contributed by atoms with E-state index in [1.807, 2.05) is 26.0 Å². The number of ketones is 1. The molecule has 57 heavy (non-hydrogen) atoms. The largest absolute Gasteiger partial charge is 0.492 e. The third-order valence-corrected chi connectivity index (χ3v) is 13.9. The molecule has 304 valence electrons. The van der Waals surface area contributed by atoms with Gasteiger partial charge in [0.25, 0.3) is 11.8 Å². The number of fused-ring (bicyclic) bond motifs is 2. The van der Waals surface area contributed by atoms with Crippen LogP contribution in [-0.2, 0) is 37.1 Å². The number of hydrogen-bond acceptors (Lipinski definition) is 12. The Morgan fingerprint density at radius 2 is 1.81 bits per heavy atom. The van der Waals surface area contributed by atoms with Crippen LogP contribution in [-0.4, -0.2) is 113 Å². The average Bonchev–Trinajstić information content (AvgIpc) is 3.68. The van der Waals surface area contributed by atoms with Gasteiger partial charge in [-0.05, 0) is 103 Å². The van der Waals surface area contributed by atoms with Gasteiger partial charge < -0.3 is 29.9 Å². The second-order valence-electron chi connectivity index (χ2n) is 16.2. The Balaban J connectivity index is 0.891. The number of nitrogens with one attached hydrogen (secondary N) is 3. The molecular weight excluding hydrogens is 749 g/mol. The van der Waals surface area contributed by atoms with Crippen LogP contribution < -0.4 is 15.4 Å². The van der Waals surface area contributed by atoms with E-state index in [0.717, 1.165) is 67.7 Å². The number of amides is 2. The van der Waals surface area contributed by atoms with Crippen LogP contribution in [0.3, 0.4) is 0 Å². The summed E-state index contributed by atoms with van der Waals surface area (Å²) in [6, 6.07) is 7.89. The van der Waals surface area contributed by atoms with Gasteiger partial charge in [0.15, 0.2) is 27.5 Å². The van der Waals surface area contributed by atoms with Crippen molar-refractivity contribution in [2.75, 3.05) is 51.3 Å². The zero-order chi connectivity index (χ0) is 40.5. The monoisotopic (exact) mass is 800 g/mol. The van der Waals surface area contributed by atoms with Gasteiger partial charge in [-0.15, -0.1) is 0 Å². The third kappa shape index (κ3) is 8.39. The van der Waals surface area contributed by atoms with Crippen molar-refractivity contribution in [3.05, 3.63) is 64.6 Å². The Bertz CT molecular complexity index is 2260. The second kappa shape index (κ2) is 16.5. The summed E-state index contributed by atoms with van der Waals surface area (Å²) >= 11 is 0. The number of aryl methyl sites for hydroxylation is 2. The van der Waals surface area contributed by atoms with Crippen molar-refractivity contribution < 1.29 is 32.3 Å². The topological polar surface area (TPSA) is 189 Å². The number of aromatic amines is 1. The summed E-state index contributed by atoms with van der Waals surface area (Å²) in [6.45, 7) is 13.6. The first-order chi connectivity index (χ1) is 27.2. The van der Waals surface area contributed by atoms with Crippen LogP contribution in [0.4, 0.5) is 11.6 Å². The number of anilines is 2. The Kier molecular flexibility index (Phi) is 11.7. The van der Waals surface area contributed by atoms with Gasteiger partial charge >= 0.3 is 0 Å². The van der Waals surface area contributed by atoms with E-state index in [1.165, 1.54) is 11.2 Å². The molecule has 2 aromatic heterocycles. The number of aromatic nitrogens is 4. The van der Waals surface area contributed by atoms with E-state index in [1.54, 1.807) is 39.0 Å². The van der Waals surface area contributed by atoms with Crippen molar-refractivity contribution >= 4 is 50.0 Å². The molecule has 3 N–H and O–H groups in total. The molecule has 1 atom stereocenters. The predicted octanol–water partition coefficient (Wildman–Crippen LogP) is 4.44. The van der Waals surface area contributed by atoms with Gasteiger partial charge in [-0.2, -0.15) is 5.10 Å². The van der Waals surface area contributed by atoms with Gasteiger partial charge in [0.05, 0.1) is 23.5 Å². The molecule has 3 aliphatic rings. The van der Waals surface area contributed by atoms with E-state index in [-0.39, 0.29) is 35.5 Å². The second-order valence-corrected chi connectivity index (χ2v) is 18.9. The van der Waals surface area contributed by atoms with Gasteiger partial charge in [0, 0.05) is 60.9 Å². The summed E-state index contributed by atoms with van der Waals surface area (Å²) in [6.07, 6.45) is 5.01. The first-order valence-corrected chi connectivity index (χ1v) is 21.2. The van der Waals surface area contributed by atoms with Crippen LogP contribution in [0.2, 0.25) is 0 Å². The SMILES string of the molecule is Cc1[nH]nc(Nc2ncnc3cc(OCC4CCN(CCOCCCc5cccc6c5CN(C5C(=O)CCNC5=O)C6=O)CC4)c(S(=O)(=O)C(C)(C)C)cc23)c1C. The fourth-order valence-corrected chi connectivity index (χ4v) is 8.96. The third-order valence-electron chi connectivity index (χ3n) is 11.4. The first-order valence-electron chi connectivity index (χ1n) is 19.7. The highest BCUT2D eigenvalue weighted by Crippen LogP contribution is 2.38. The van der Waals surface area contributed by atoms with E-state index in [4.69, 9.17) is 9.47 Å². The highest BCUT2D eigenvalue weighted by molar-refractivity contribution is 7.92. The number of sulfone groups is 1. The Hall–Kier alpha value is -4.93. The normalized spacial score (nSPS) is 18.3. The summed E-state index contributed by atoms with van der Waals surface area (Å²) in [7, 11) is -3.79. The summed E-state index contributed by atoms with van der Waals surface area (Å²) in [4.78, 5) is 50.9. The molecule has 2 fully saturated rings. The maximum absolute atomic E-state index is 13.9. The van der Waals surface area contributed by atoms with E-state index < -0.39 is 26.5 Å². The standard InChI is InChI=1S/C41H52N8O7S/c1-25-26(2)46-47-37(25)45-38-30-20-35(57(53,54)41(3,4)5)34(21-32(30)43-24-44-38)56-23-27-12-15-48(16-13-27)17-19-55-18-7-9-28-8-6-10-29-31(28)22-49(40(29)52)36-33(50)11-14-42-39(36)51/h6,8,10,20-21,24,27,36H,7,9,11-19,22-23H2,1-5H3,(H,42,51)(H2,43,44,45,46,47). The summed E-state index contributed by atoms with van der Waals surface area (Å²) in [5.74, 6) is 0.732. The highest BCUT2D eigenvalue weighted by atomic mass is 32.2. The number of H-pyrrole nitrogens is 1. The van der Waals surface area contributed by atoms with Gasteiger partial charge in [-0.25, -0.2) is 18.4 Å². The van der Waals surface area contributed by atoms with Crippen molar-refractivity contribution in [3.63, 3.8) is 0 Å². The minimum atomic E-state index is -3.79. The molecule has 3 aliphatic heterocycles. The maximum atomic E-state index is 13.9. The number of rotatable bonds is 14. The smallest absolute Gasteiger partial charge is 0.255 e. The lowest BCUT2D eigenvalue weighted by Gasteiger charge is -2.32. The van der Waals surface area contributed by atoms with Crippen molar-refractivity contribution in [2.24, 2.45) is 5.92 Å². The van der Waals surface area contributed by atoms with Gasteiger partial charge in [-0.1, -0.05) is 12.1 Å². The van der Waals surface area contributed by atoms with Crippen LogP contribution in [0, 0.1) is 19.8 Å². The van der Waals surface area contributed by atoms with E-state index in [9.17, 15) is 22.8 Å². The predicted molar refractivity (Wildman–Crippen MR) is 214 cm³/mol. The molecule has 2 aromatic carbocycles. The summed E-state index contributed by atoms with van der Waals surface area (Å²) in [5, 5.41) is 13.8. The quantitative estimate of drug-likeness (QED) is 0.120. The number of likely N-dealkylation sites (tertiary alicyclic amines) is 1. The Labute approximate surface area is 333 Å². The maximum Gasteiger partial charge on any atom is 0.255 e. The average molecular weight is 801 g/mol. The minimum Gasteiger partial charge on any atom is -0.492 e. The van der Waals surface area contributed by atoms with Gasteiger partial charge in [0.2, 0.25) is 0 Å². The molecule has 0 radical (unpaired) electrons. The molecule has 0 aliphatic carbocycles. The van der Waals surface area contributed by atoms with E-state index in [0.29, 0.717) is 60.2 Å². The molecule has 1 unspecified atom stereocenters. The zero-order valence-electron chi connectivity index (χ0n) is 33.3. The number of carbonyl (C=O) groups is 3. The molecule has 7 rings (SSSR count). The van der Waals surface area contributed by atoms with Crippen LogP contribution >= 0.6 is 0 Å². The van der Waals surface area contributed by atoms with Gasteiger partial charge in [0.1, 0.15) is 22.8 Å². The fraction of sp³-hybridized carbons (Fsp3) is 0.512. The lowest BCUT2D eigenvalue weighted by Crippen LogP contribution is -2.55. The van der Waals surface area contributed by atoms with Crippen molar-refractivity contribution in [3.8, 4) is 5.75 Å². The van der Waals surface area contributed by atoms with E-state index >= 15 is 0 Å². The molecule has 2 amide bonds. The van der Waals surface area contributed by atoms with Gasteiger partial charge in [-0.3, -0.25) is 19.5 Å². The number of Topliss-reactive ketones (excluding diaryl/α,β-unsaturated/α-hetero) is 1. The Morgan fingerprint density at radius 1 is 1.02 bits per heavy atom. The van der Waals surface area contributed by atoms with Crippen LogP contribution in [0.25, 0.3) is 10.9 Å². The number of nitrogens with zero attached hydrogens (tertiary/aromatic N) is 5. The molecule has 2 saturated heterocycles. The molecule has 16 heteroatoms. The first kappa shape index (κ1) is 40.3. The summed E-state index contributed by atoms with van der Waals surface area (Å²) in [5.41, 5.74) is 4.91. The lowest BCUT2D eigenvalue weighted by molar-refractivity contribution is -0.137. The minimum absolute atomic E-state index is 0.113. The fourth-order valence-electron chi connectivity index (χ4n) is 7.65. The summed E-state index contributed by atoms with van der Waals surface area (Å²) < 4.78 is 39.1. The molecule has 0 spiro atoms. The zero-order valence-corrected chi connectivity index (χ0v) is 34.1. The number of carbonyl (C=O) groups excluding carboxylic acids is 3. The number of ether oxygens (including phenoxy) is 2. The van der Waals surface area contributed by atoms with Crippen LogP contribution in [0.15, 0.2) is 41.6 Å². The molecular formula is C41H52N8O7S. The molecule has 15 nitrogen and oxygen atoms in total. The molecule has 0 saturated carbocycles. The van der Waals surface area contributed by atoms with E-state index in [2.05, 4.69) is 35.7 Å². The highest BCUT2D eigenvalue weighted by Gasteiger charge is 2.42. The number of piperidine rings is 2. The number of hydrogen-bond donors (Lipinski definition) is 3. The molecule has 0 bridgehead atoms.